The Morgan fingerprint density at radius 3 is 2.44 bits per heavy atom. The van der Waals surface area contributed by atoms with E-state index in [-0.39, 0.29) is 11.2 Å². The first-order valence-electron chi connectivity index (χ1n) is 6.99. The van der Waals surface area contributed by atoms with Gasteiger partial charge in [0.05, 0.1) is 0 Å². The van der Waals surface area contributed by atoms with Gasteiger partial charge in [-0.05, 0) is 42.7 Å². The smallest absolute Gasteiger partial charge is 0.127 e. The van der Waals surface area contributed by atoms with Crippen LogP contribution in [-0.2, 0) is 5.41 Å². The molecule has 2 saturated carbocycles. The first-order chi connectivity index (χ1) is 8.51. The molecular formula is C16H22FN. The van der Waals surface area contributed by atoms with E-state index in [2.05, 4.69) is 19.2 Å². The second kappa shape index (κ2) is 4.06. The summed E-state index contributed by atoms with van der Waals surface area (Å²) in [4.78, 5) is 0. The van der Waals surface area contributed by atoms with E-state index in [4.69, 9.17) is 0 Å². The molecule has 0 amide bonds. The van der Waals surface area contributed by atoms with E-state index < -0.39 is 0 Å². The first kappa shape index (κ1) is 12.2. The topological polar surface area (TPSA) is 12.0 Å². The van der Waals surface area contributed by atoms with Crippen LogP contribution in [0.15, 0.2) is 24.3 Å². The third-order valence-electron chi connectivity index (χ3n) is 4.39. The van der Waals surface area contributed by atoms with Crippen LogP contribution in [0.2, 0.25) is 0 Å². The summed E-state index contributed by atoms with van der Waals surface area (Å²) in [5.41, 5.74) is 1.29. The molecule has 0 bridgehead atoms. The molecule has 0 saturated heterocycles. The Bertz CT molecular complexity index is 440. The van der Waals surface area contributed by atoms with Crippen molar-refractivity contribution in [2.24, 2.45) is 5.41 Å². The zero-order chi connectivity index (χ0) is 12.8. The lowest BCUT2D eigenvalue weighted by molar-refractivity contribution is 0.0532. The maximum absolute atomic E-state index is 14.1. The van der Waals surface area contributed by atoms with E-state index in [1.165, 1.54) is 12.8 Å². The second-order valence-corrected chi connectivity index (χ2v) is 6.93. The molecule has 98 valence electrons. The lowest BCUT2D eigenvalue weighted by Crippen LogP contribution is -2.53. The Balaban J connectivity index is 1.83. The summed E-state index contributed by atoms with van der Waals surface area (Å²) in [6, 6.07) is 8.00. The van der Waals surface area contributed by atoms with E-state index in [0.717, 1.165) is 24.9 Å². The van der Waals surface area contributed by atoms with E-state index in [0.29, 0.717) is 11.5 Å². The van der Waals surface area contributed by atoms with Crippen molar-refractivity contribution >= 4 is 0 Å². The maximum Gasteiger partial charge on any atom is 0.127 e. The van der Waals surface area contributed by atoms with Crippen molar-refractivity contribution in [3.63, 3.8) is 0 Å². The quantitative estimate of drug-likeness (QED) is 0.856. The number of hydrogen-bond acceptors (Lipinski definition) is 1. The highest BCUT2D eigenvalue weighted by atomic mass is 19.1. The van der Waals surface area contributed by atoms with Gasteiger partial charge in [-0.2, -0.15) is 0 Å². The van der Waals surface area contributed by atoms with Gasteiger partial charge in [0.15, 0.2) is 0 Å². The SMILES string of the molecule is CC1(C)CC(CNC2CC2)(c2ccccc2F)C1. The molecule has 0 heterocycles. The fourth-order valence-electron chi connectivity index (χ4n) is 3.71. The highest BCUT2D eigenvalue weighted by Gasteiger charge is 2.51. The summed E-state index contributed by atoms with van der Waals surface area (Å²) in [6.07, 6.45) is 4.74. The van der Waals surface area contributed by atoms with Gasteiger partial charge in [-0.1, -0.05) is 32.0 Å². The summed E-state index contributed by atoms with van der Waals surface area (Å²) in [6.45, 7) is 5.49. The number of rotatable bonds is 4. The summed E-state index contributed by atoms with van der Waals surface area (Å²) in [5, 5.41) is 3.60. The number of hydrogen-bond donors (Lipinski definition) is 1. The lowest BCUT2D eigenvalue weighted by Gasteiger charge is -2.54. The fourth-order valence-corrected chi connectivity index (χ4v) is 3.71. The van der Waals surface area contributed by atoms with Gasteiger partial charge in [0, 0.05) is 18.0 Å². The van der Waals surface area contributed by atoms with Crippen molar-refractivity contribution in [2.45, 2.75) is 51.0 Å². The average Bonchev–Trinajstić information content (AvgIpc) is 3.07. The maximum atomic E-state index is 14.1. The van der Waals surface area contributed by atoms with Crippen LogP contribution in [-0.4, -0.2) is 12.6 Å². The molecule has 2 aliphatic carbocycles. The normalized spacial score (nSPS) is 24.6. The molecule has 2 heteroatoms. The van der Waals surface area contributed by atoms with Gasteiger partial charge < -0.3 is 5.32 Å². The van der Waals surface area contributed by atoms with Gasteiger partial charge in [0.2, 0.25) is 0 Å². The third kappa shape index (κ3) is 2.18. The molecule has 2 fully saturated rings. The summed E-state index contributed by atoms with van der Waals surface area (Å²) in [5.74, 6) is -0.0365. The van der Waals surface area contributed by atoms with Crippen molar-refractivity contribution in [1.29, 1.82) is 0 Å². The van der Waals surface area contributed by atoms with Crippen molar-refractivity contribution in [3.05, 3.63) is 35.6 Å². The van der Waals surface area contributed by atoms with Crippen LogP contribution in [0.25, 0.3) is 0 Å². The van der Waals surface area contributed by atoms with Gasteiger partial charge in [-0.15, -0.1) is 0 Å². The molecule has 0 aromatic heterocycles. The minimum absolute atomic E-state index is 0.0252. The minimum atomic E-state index is -0.0365. The molecule has 1 aromatic carbocycles. The molecule has 1 N–H and O–H groups in total. The predicted molar refractivity (Wildman–Crippen MR) is 72.1 cm³/mol. The van der Waals surface area contributed by atoms with E-state index in [1.807, 2.05) is 12.1 Å². The Morgan fingerprint density at radius 1 is 1.22 bits per heavy atom. The van der Waals surface area contributed by atoms with Gasteiger partial charge in [0.25, 0.3) is 0 Å². The summed E-state index contributed by atoms with van der Waals surface area (Å²) < 4.78 is 14.1. The lowest BCUT2D eigenvalue weighted by atomic mass is 9.52. The predicted octanol–water partition coefficient (Wildman–Crippen LogP) is 3.64. The standard InChI is InChI=1S/C16H22FN/c1-15(2)9-16(10-15,11-18-12-7-8-12)13-5-3-4-6-14(13)17/h3-6,12,18H,7-11H2,1-2H3. The molecule has 0 radical (unpaired) electrons. The van der Waals surface area contributed by atoms with Crippen LogP contribution >= 0.6 is 0 Å². The number of benzene rings is 1. The van der Waals surface area contributed by atoms with Crippen molar-refractivity contribution in [3.8, 4) is 0 Å². The fraction of sp³-hybridized carbons (Fsp3) is 0.625. The van der Waals surface area contributed by atoms with Crippen LogP contribution < -0.4 is 5.32 Å². The molecule has 3 rings (SSSR count). The van der Waals surface area contributed by atoms with Crippen LogP contribution in [0.1, 0.15) is 45.1 Å². The zero-order valence-corrected chi connectivity index (χ0v) is 11.3. The molecule has 2 aliphatic rings. The Labute approximate surface area is 109 Å². The van der Waals surface area contributed by atoms with Crippen molar-refractivity contribution in [2.75, 3.05) is 6.54 Å². The molecule has 18 heavy (non-hydrogen) atoms. The monoisotopic (exact) mass is 247 g/mol. The van der Waals surface area contributed by atoms with E-state index in [9.17, 15) is 4.39 Å². The highest BCUT2D eigenvalue weighted by Crippen LogP contribution is 2.55. The van der Waals surface area contributed by atoms with Crippen molar-refractivity contribution in [1.82, 2.24) is 5.32 Å². The van der Waals surface area contributed by atoms with Crippen LogP contribution in [0.3, 0.4) is 0 Å². The van der Waals surface area contributed by atoms with Gasteiger partial charge in [-0.25, -0.2) is 4.39 Å². The zero-order valence-electron chi connectivity index (χ0n) is 11.3. The number of halogens is 1. The molecule has 0 spiro atoms. The van der Waals surface area contributed by atoms with Gasteiger partial charge in [0.1, 0.15) is 5.82 Å². The molecule has 1 nitrogen and oxygen atoms in total. The van der Waals surface area contributed by atoms with Gasteiger partial charge in [-0.3, -0.25) is 0 Å². The van der Waals surface area contributed by atoms with E-state index in [1.54, 1.807) is 12.1 Å². The van der Waals surface area contributed by atoms with Gasteiger partial charge >= 0.3 is 0 Å². The molecule has 1 aromatic rings. The molecule has 0 aliphatic heterocycles. The minimum Gasteiger partial charge on any atom is -0.313 e. The average molecular weight is 247 g/mol. The first-order valence-corrected chi connectivity index (χ1v) is 6.99. The highest BCUT2D eigenvalue weighted by molar-refractivity contribution is 5.32. The second-order valence-electron chi connectivity index (χ2n) is 6.93. The van der Waals surface area contributed by atoms with Crippen LogP contribution in [0.5, 0.6) is 0 Å². The van der Waals surface area contributed by atoms with Crippen molar-refractivity contribution < 1.29 is 4.39 Å². The van der Waals surface area contributed by atoms with E-state index >= 15 is 0 Å². The van der Waals surface area contributed by atoms with Crippen LogP contribution in [0, 0.1) is 11.2 Å². The number of nitrogens with one attached hydrogen (secondary N) is 1. The Morgan fingerprint density at radius 2 is 1.89 bits per heavy atom. The molecule has 0 atom stereocenters. The molecule has 0 unspecified atom stereocenters. The molecular weight excluding hydrogens is 225 g/mol. The Kier molecular flexibility index (Phi) is 2.74. The summed E-state index contributed by atoms with van der Waals surface area (Å²) >= 11 is 0. The largest absolute Gasteiger partial charge is 0.313 e. The Hall–Kier alpha value is -0.890. The van der Waals surface area contributed by atoms with Crippen LogP contribution in [0.4, 0.5) is 4.39 Å². The third-order valence-corrected chi connectivity index (χ3v) is 4.39. The summed E-state index contributed by atoms with van der Waals surface area (Å²) in [7, 11) is 0.